The van der Waals surface area contributed by atoms with Crippen molar-refractivity contribution in [1.29, 1.82) is 0 Å². The molecule has 0 radical (unpaired) electrons. The van der Waals surface area contributed by atoms with E-state index in [-0.39, 0.29) is 11.4 Å². The summed E-state index contributed by atoms with van der Waals surface area (Å²) < 4.78 is 14.6. The maximum Gasteiger partial charge on any atom is 0.287 e. The highest BCUT2D eigenvalue weighted by Gasteiger charge is 2.10. The minimum atomic E-state index is -0.359. The predicted molar refractivity (Wildman–Crippen MR) is 91.3 cm³/mol. The molecule has 0 atom stereocenters. The van der Waals surface area contributed by atoms with E-state index < -0.39 is 0 Å². The fourth-order valence-electron chi connectivity index (χ4n) is 2.12. The highest BCUT2D eigenvalue weighted by molar-refractivity contribution is 9.10. The fraction of sp³-hybridized carbons (Fsp3) is 0.0588. The molecular weight excluding hydrogens is 361 g/mol. The third kappa shape index (κ3) is 3.48. The first kappa shape index (κ1) is 15.4. The van der Waals surface area contributed by atoms with E-state index in [0.29, 0.717) is 22.4 Å². The third-order valence-corrected chi connectivity index (χ3v) is 4.08. The van der Waals surface area contributed by atoms with E-state index in [1.165, 1.54) is 28.9 Å². The molecule has 1 N–H and O–H groups in total. The summed E-state index contributed by atoms with van der Waals surface area (Å²) in [5.74, 6) is -0.359. The molecule has 0 aliphatic heterocycles. The van der Waals surface area contributed by atoms with Gasteiger partial charge in [0, 0.05) is 6.54 Å². The largest absolute Gasteiger partial charge is 0.379 e. The molecular formula is C17H13BrFN3O. The maximum atomic E-state index is 13.0. The Hall–Kier alpha value is -2.47. The second-order valence-electron chi connectivity index (χ2n) is 4.90. The molecule has 0 spiro atoms. The monoisotopic (exact) mass is 373 g/mol. The van der Waals surface area contributed by atoms with Crippen molar-refractivity contribution in [2.24, 2.45) is 0 Å². The standard InChI is InChI=1S/C17H13BrFN3O/c18-16-15(20-10-12-4-2-1-3-5-12)11-21-22(17(16)23)14-8-6-13(19)7-9-14/h1-9,11,20H,10H2. The molecule has 0 aliphatic rings. The number of nitrogens with zero attached hydrogens (tertiary/aromatic N) is 2. The number of anilines is 1. The smallest absolute Gasteiger partial charge is 0.287 e. The molecule has 0 fully saturated rings. The lowest BCUT2D eigenvalue weighted by Crippen LogP contribution is -2.23. The number of aromatic nitrogens is 2. The average molecular weight is 374 g/mol. The van der Waals surface area contributed by atoms with Crippen molar-refractivity contribution in [1.82, 2.24) is 9.78 Å². The number of nitrogens with one attached hydrogen (secondary N) is 1. The molecule has 0 saturated heterocycles. The van der Waals surface area contributed by atoms with Gasteiger partial charge < -0.3 is 5.32 Å². The Kier molecular flexibility index (Phi) is 4.52. The number of hydrogen-bond donors (Lipinski definition) is 1. The van der Waals surface area contributed by atoms with Gasteiger partial charge in [0.25, 0.3) is 5.56 Å². The Morgan fingerprint density at radius 1 is 1.09 bits per heavy atom. The SMILES string of the molecule is O=c1c(Br)c(NCc2ccccc2)cnn1-c1ccc(F)cc1. The fourth-order valence-corrected chi connectivity index (χ4v) is 2.53. The van der Waals surface area contributed by atoms with Gasteiger partial charge >= 0.3 is 0 Å². The normalized spacial score (nSPS) is 10.5. The predicted octanol–water partition coefficient (Wildman–Crippen LogP) is 3.75. The second-order valence-corrected chi connectivity index (χ2v) is 5.70. The Labute approximate surface area is 140 Å². The van der Waals surface area contributed by atoms with Crippen molar-refractivity contribution in [2.45, 2.75) is 6.54 Å². The van der Waals surface area contributed by atoms with E-state index in [1.54, 1.807) is 6.20 Å². The minimum Gasteiger partial charge on any atom is -0.379 e. The van der Waals surface area contributed by atoms with E-state index in [0.717, 1.165) is 5.56 Å². The van der Waals surface area contributed by atoms with E-state index in [9.17, 15) is 9.18 Å². The molecule has 6 heteroatoms. The molecule has 0 saturated carbocycles. The molecule has 3 aromatic rings. The molecule has 0 bridgehead atoms. The van der Waals surface area contributed by atoms with E-state index in [1.807, 2.05) is 30.3 Å². The van der Waals surface area contributed by atoms with Crippen LogP contribution in [0.4, 0.5) is 10.1 Å². The van der Waals surface area contributed by atoms with Crippen molar-refractivity contribution in [3.63, 3.8) is 0 Å². The van der Waals surface area contributed by atoms with Gasteiger partial charge in [0.15, 0.2) is 0 Å². The van der Waals surface area contributed by atoms with Gasteiger partial charge in [-0.2, -0.15) is 9.78 Å². The van der Waals surface area contributed by atoms with Crippen LogP contribution in [0.15, 0.2) is 70.1 Å². The summed E-state index contributed by atoms with van der Waals surface area (Å²) >= 11 is 3.31. The highest BCUT2D eigenvalue weighted by atomic mass is 79.9. The summed E-state index contributed by atoms with van der Waals surface area (Å²) in [6.45, 7) is 0.584. The number of benzene rings is 2. The molecule has 0 unspecified atom stereocenters. The van der Waals surface area contributed by atoms with E-state index >= 15 is 0 Å². The van der Waals surface area contributed by atoms with Gasteiger partial charge in [-0.05, 0) is 45.8 Å². The average Bonchev–Trinajstić information content (AvgIpc) is 2.58. The first-order valence-electron chi connectivity index (χ1n) is 6.97. The zero-order valence-electron chi connectivity index (χ0n) is 12.0. The summed E-state index contributed by atoms with van der Waals surface area (Å²) in [5.41, 5.74) is 1.90. The summed E-state index contributed by atoms with van der Waals surface area (Å²) in [5, 5.41) is 7.32. The molecule has 3 rings (SSSR count). The summed E-state index contributed by atoms with van der Waals surface area (Å²) in [7, 11) is 0. The number of halogens is 2. The van der Waals surface area contributed by atoms with Gasteiger partial charge in [-0.15, -0.1) is 0 Å². The van der Waals surface area contributed by atoms with Crippen molar-refractivity contribution < 1.29 is 4.39 Å². The summed E-state index contributed by atoms with van der Waals surface area (Å²) in [4.78, 5) is 12.4. The van der Waals surface area contributed by atoms with Crippen LogP contribution in [0.1, 0.15) is 5.56 Å². The maximum absolute atomic E-state index is 13.0. The Bertz CT molecular complexity index is 863. The van der Waals surface area contributed by atoms with Crippen LogP contribution in [-0.2, 0) is 6.54 Å². The van der Waals surface area contributed by atoms with Gasteiger partial charge in [0.1, 0.15) is 10.3 Å². The highest BCUT2D eigenvalue weighted by Crippen LogP contribution is 2.18. The molecule has 1 aromatic heterocycles. The Morgan fingerprint density at radius 2 is 1.78 bits per heavy atom. The Balaban J connectivity index is 1.86. The van der Waals surface area contributed by atoms with Crippen LogP contribution < -0.4 is 10.9 Å². The summed E-state index contributed by atoms with van der Waals surface area (Å²) in [6.07, 6.45) is 1.57. The quantitative estimate of drug-likeness (QED) is 0.757. The molecule has 0 aliphatic carbocycles. The van der Waals surface area contributed by atoms with Crippen molar-refractivity contribution in [3.8, 4) is 5.69 Å². The lowest BCUT2D eigenvalue weighted by Gasteiger charge is -2.10. The van der Waals surface area contributed by atoms with Gasteiger partial charge in [-0.1, -0.05) is 30.3 Å². The lowest BCUT2D eigenvalue weighted by molar-refractivity contribution is 0.626. The van der Waals surface area contributed by atoms with Crippen LogP contribution in [0.2, 0.25) is 0 Å². The van der Waals surface area contributed by atoms with Gasteiger partial charge in [0.05, 0.1) is 17.6 Å². The summed E-state index contributed by atoms with van der Waals surface area (Å²) in [6, 6.07) is 15.4. The first-order chi connectivity index (χ1) is 11.1. The topological polar surface area (TPSA) is 46.9 Å². The second kappa shape index (κ2) is 6.75. The molecule has 23 heavy (non-hydrogen) atoms. The molecule has 1 heterocycles. The number of rotatable bonds is 4. The van der Waals surface area contributed by atoms with Crippen LogP contribution in [0.25, 0.3) is 5.69 Å². The van der Waals surface area contributed by atoms with Crippen LogP contribution in [-0.4, -0.2) is 9.78 Å². The molecule has 116 valence electrons. The lowest BCUT2D eigenvalue weighted by atomic mass is 10.2. The first-order valence-corrected chi connectivity index (χ1v) is 7.76. The third-order valence-electron chi connectivity index (χ3n) is 3.32. The molecule has 4 nitrogen and oxygen atoms in total. The van der Waals surface area contributed by atoms with Crippen LogP contribution in [0.3, 0.4) is 0 Å². The van der Waals surface area contributed by atoms with Crippen LogP contribution in [0.5, 0.6) is 0 Å². The van der Waals surface area contributed by atoms with E-state index in [2.05, 4.69) is 26.3 Å². The van der Waals surface area contributed by atoms with Gasteiger partial charge in [-0.25, -0.2) is 4.39 Å². The minimum absolute atomic E-state index is 0.310. The van der Waals surface area contributed by atoms with Crippen molar-refractivity contribution >= 4 is 21.6 Å². The zero-order chi connectivity index (χ0) is 16.2. The zero-order valence-corrected chi connectivity index (χ0v) is 13.6. The Morgan fingerprint density at radius 3 is 2.48 bits per heavy atom. The van der Waals surface area contributed by atoms with Gasteiger partial charge in [-0.3, -0.25) is 4.79 Å². The number of hydrogen-bond acceptors (Lipinski definition) is 3. The molecule has 0 amide bonds. The van der Waals surface area contributed by atoms with E-state index in [4.69, 9.17) is 0 Å². The molecule has 2 aromatic carbocycles. The van der Waals surface area contributed by atoms with Crippen molar-refractivity contribution in [2.75, 3.05) is 5.32 Å². The van der Waals surface area contributed by atoms with Crippen LogP contribution in [0, 0.1) is 5.82 Å². The van der Waals surface area contributed by atoms with Crippen LogP contribution >= 0.6 is 15.9 Å². The van der Waals surface area contributed by atoms with Gasteiger partial charge in [0.2, 0.25) is 0 Å². The van der Waals surface area contributed by atoms with Crippen molar-refractivity contribution in [3.05, 3.63) is 87.0 Å².